The van der Waals surface area contributed by atoms with E-state index in [1.807, 2.05) is 37.3 Å². The minimum Gasteiger partial charge on any atom is -0.454 e. The van der Waals surface area contributed by atoms with Crippen molar-refractivity contribution in [3.8, 4) is 11.5 Å². The van der Waals surface area contributed by atoms with Crippen molar-refractivity contribution in [3.05, 3.63) is 58.6 Å². The standard InChI is InChI=1S/C22H25ClN2O4/c1-3-24-22(27)15(2)25(13-17-4-8-18(23)9-5-17)21(26)11-7-16-6-10-19-20(12-16)29-14-28-19/h4-6,8-10,12,15H,3,7,11,13-14H2,1-2H3,(H,24,27)/t15-/m1/s1. The Kier molecular flexibility index (Phi) is 6.99. The fourth-order valence-electron chi connectivity index (χ4n) is 3.18. The number of rotatable bonds is 8. The molecule has 1 N–H and O–H groups in total. The molecule has 2 aromatic rings. The Balaban J connectivity index is 1.70. The van der Waals surface area contributed by atoms with Gasteiger partial charge in [0.15, 0.2) is 11.5 Å². The van der Waals surface area contributed by atoms with E-state index < -0.39 is 6.04 Å². The molecule has 0 saturated heterocycles. The summed E-state index contributed by atoms with van der Waals surface area (Å²) in [5, 5.41) is 3.42. The van der Waals surface area contributed by atoms with Crippen molar-refractivity contribution < 1.29 is 19.1 Å². The lowest BCUT2D eigenvalue weighted by atomic mass is 10.1. The van der Waals surface area contributed by atoms with Crippen LogP contribution in [0.15, 0.2) is 42.5 Å². The van der Waals surface area contributed by atoms with Gasteiger partial charge in [-0.05, 0) is 55.7 Å². The van der Waals surface area contributed by atoms with Gasteiger partial charge in [-0.15, -0.1) is 0 Å². The van der Waals surface area contributed by atoms with Crippen LogP contribution in [-0.2, 0) is 22.6 Å². The van der Waals surface area contributed by atoms with Gasteiger partial charge < -0.3 is 19.7 Å². The molecule has 1 heterocycles. The number of halogens is 1. The van der Waals surface area contributed by atoms with Crippen molar-refractivity contribution in [1.29, 1.82) is 0 Å². The van der Waals surface area contributed by atoms with Crippen molar-refractivity contribution >= 4 is 23.4 Å². The Hall–Kier alpha value is -2.73. The number of nitrogens with one attached hydrogen (secondary N) is 1. The maximum absolute atomic E-state index is 13.0. The van der Waals surface area contributed by atoms with Gasteiger partial charge in [-0.3, -0.25) is 9.59 Å². The first-order valence-corrected chi connectivity index (χ1v) is 10.1. The van der Waals surface area contributed by atoms with Crippen LogP contribution < -0.4 is 14.8 Å². The summed E-state index contributed by atoms with van der Waals surface area (Å²) in [4.78, 5) is 27.0. The second-order valence-electron chi connectivity index (χ2n) is 6.91. The average molecular weight is 417 g/mol. The summed E-state index contributed by atoms with van der Waals surface area (Å²) in [6.45, 7) is 4.68. The number of ether oxygens (including phenoxy) is 2. The normalized spacial score (nSPS) is 13.1. The highest BCUT2D eigenvalue weighted by atomic mass is 35.5. The van der Waals surface area contributed by atoms with E-state index in [-0.39, 0.29) is 25.0 Å². The van der Waals surface area contributed by atoms with Crippen LogP contribution in [0, 0.1) is 0 Å². The quantitative estimate of drug-likeness (QED) is 0.714. The molecular formula is C22H25ClN2O4. The zero-order chi connectivity index (χ0) is 20.8. The van der Waals surface area contributed by atoms with Crippen LogP contribution >= 0.6 is 11.6 Å². The van der Waals surface area contributed by atoms with Gasteiger partial charge in [0.05, 0.1) is 0 Å². The summed E-state index contributed by atoms with van der Waals surface area (Å²) < 4.78 is 10.7. The van der Waals surface area contributed by atoms with Crippen molar-refractivity contribution in [1.82, 2.24) is 10.2 Å². The molecule has 0 aromatic heterocycles. The van der Waals surface area contributed by atoms with Gasteiger partial charge in [-0.1, -0.05) is 29.8 Å². The molecule has 0 unspecified atom stereocenters. The van der Waals surface area contributed by atoms with Gasteiger partial charge in [0.25, 0.3) is 0 Å². The van der Waals surface area contributed by atoms with Gasteiger partial charge in [0, 0.05) is 24.5 Å². The number of likely N-dealkylation sites (N-methyl/N-ethyl adjacent to an activating group) is 1. The number of fused-ring (bicyclic) bond motifs is 1. The van der Waals surface area contributed by atoms with Crippen molar-refractivity contribution in [2.75, 3.05) is 13.3 Å². The van der Waals surface area contributed by atoms with E-state index in [2.05, 4.69) is 5.32 Å². The van der Waals surface area contributed by atoms with E-state index in [1.54, 1.807) is 24.0 Å². The zero-order valence-electron chi connectivity index (χ0n) is 16.6. The van der Waals surface area contributed by atoms with Crippen LogP contribution in [0.1, 0.15) is 31.4 Å². The van der Waals surface area contributed by atoms with Crippen LogP contribution in [-0.4, -0.2) is 36.1 Å². The first-order chi connectivity index (χ1) is 14.0. The first kappa shape index (κ1) is 21.0. The van der Waals surface area contributed by atoms with E-state index in [0.29, 0.717) is 36.0 Å². The molecule has 154 valence electrons. The Labute approximate surface area is 175 Å². The summed E-state index contributed by atoms with van der Waals surface area (Å²) in [6.07, 6.45) is 0.839. The topological polar surface area (TPSA) is 67.9 Å². The summed E-state index contributed by atoms with van der Waals surface area (Å²) in [5.41, 5.74) is 1.90. The lowest BCUT2D eigenvalue weighted by Crippen LogP contribution is -2.47. The molecule has 0 radical (unpaired) electrons. The molecule has 1 aliphatic rings. The van der Waals surface area contributed by atoms with E-state index in [9.17, 15) is 9.59 Å². The number of nitrogens with zero attached hydrogens (tertiary/aromatic N) is 1. The molecule has 3 rings (SSSR count). The predicted molar refractivity (Wildman–Crippen MR) is 111 cm³/mol. The molecule has 0 bridgehead atoms. The van der Waals surface area contributed by atoms with E-state index in [4.69, 9.17) is 21.1 Å². The largest absolute Gasteiger partial charge is 0.454 e. The van der Waals surface area contributed by atoms with Crippen molar-refractivity contribution in [3.63, 3.8) is 0 Å². The number of carbonyl (C=O) groups is 2. The second-order valence-corrected chi connectivity index (χ2v) is 7.34. The molecule has 2 amide bonds. The highest BCUT2D eigenvalue weighted by molar-refractivity contribution is 6.30. The zero-order valence-corrected chi connectivity index (χ0v) is 17.4. The maximum atomic E-state index is 13.0. The van der Waals surface area contributed by atoms with Gasteiger partial charge >= 0.3 is 0 Å². The fraction of sp³-hybridized carbons (Fsp3) is 0.364. The number of hydrogen-bond donors (Lipinski definition) is 1. The monoisotopic (exact) mass is 416 g/mol. The number of hydrogen-bond acceptors (Lipinski definition) is 4. The third-order valence-electron chi connectivity index (χ3n) is 4.85. The Bertz CT molecular complexity index is 870. The molecule has 1 atom stereocenters. The highest BCUT2D eigenvalue weighted by Gasteiger charge is 2.25. The smallest absolute Gasteiger partial charge is 0.242 e. The molecule has 1 aliphatic heterocycles. The molecule has 2 aromatic carbocycles. The highest BCUT2D eigenvalue weighted by Crippen LogP contribution is 2.32. The molecule has 29 heavy (non-hydrogen) atoms. The Morgan fingerprint density at radius 3 is 2.52 bits per heavy atom. The van der Waals surface area contributed by atoms with Crippen LogP contribution in [0.3, 0.4) is 0 Å². The van der Waals surface area contributed by atoms with Crippen LogP contribution in [0.2, 0.25) is 5.02 Å². The third-order valence-corrected chi connectivity index (χ3v) is 5.10. The maximum Gasteiger partial charge on any atom is 0.242 e. The summed E-state index contributed by atoms with van der Waals surface area (Å²) in [6, 6.07) is 12.4. The van der Waals surface area contributed by atoms with Gasteiger partial charge in [-0.25, -0.2) is 0 Å². The minimum absolute atomic E-state index is 0.0867. The fourth-order valence-corrected chi connectivity index (χ4v) is 3.31. The summed E-state index contributed by atoms with van der Waals surface area (Å²) in [7, 11) is 0. The SMILES string of the molecule is CCNC(=O)[C@@H](C)N(Cc1ccc(Cl)cc1)C(=O)CCc1ccc2c(c1)OCO2. The van der Waals surface area contributed by atoms with Crippen molar-refractivity contribution in [2.24, 2.45) is 0 Å². The van der Waals surface area contributed by atoms with Crippen molar-refractivity contribution in [2.45, 2.75) is 39.3 Å². The van der Waals surface area contributed by atoms with E-state index in [1.165, 1.54) is 0 Å². The predicted octanol–water partition coefficient (Wildman–Crippen LogP) is 3.55. The number of aryl methyl sites for hydroxylation is 1. The van der Waals surface area contributed by atoms with Gasteiger partial charge in [0.1, 0.15) is 6.04 Å². The first-order valence-electron chi connectivity index (χ1n) is 9.68. The molecule has 7 heteroatoms. The average Bonchev–Trinajstić information content (AvgIpc) is 3.19. The third kappa shape index (κ3) is 5.41. The second kappa shape index (κ2) is 9.65. The lowest BCUT2D eigenvalue weighted by molar-refractivity contribution is -0.140. The lowest BCUT2D eigenvalue weighted by Gasteiger charge is -2.29. The Morgan fingerprint density at radius 1 is 1.10 bits per heavy atom. The van der Waals surface area contributed by atoms with Crippen LogP contribution in [0.25, 0.3) is 0 Å². The molecule has 0 aliphatic carbocycles. The van der Waals surface area contributed by atoms with Gasteiger partial charge in [0.2, 0.25) is 18.6 Å². The number of amides is 2. The molecule has 0 saturated carbocycles. The van der Waals surface area contributed by atoms with Crippen LogP contribution in [0.5, 0.6) is 11.5 Å². The van der Waals surface area contributed by atoms with E-state index in [0.717, 1.165) is 11.1 Å². The summed E-state index contributed by atoms with van der Waals surface area (Å²) in [5.74, 6) is 1.16. The van der Waals surface area contributed by atoms with Crippen LogP contribution in [0.4, 0.5) is 0 Å². The molecule has 0 fully saturated rings. The summed E-state index contributed by atoms with van der Waals surface area (Å²) >= 11 is 5.96. The van der Waals surface area contributed by atoms with E-state index >= 15 is 0 Å². The van der Waals surface area contributed by atoms with Gasteiger partial charge in [-0.2, -0.15) is 0 Å². The number of carbonyl (C=O) groups excluding carboxylic acids is 2. The Morgan fingerprint density at radius 2 is 1.79 bits per heavy atom. The molecule has 0 spiro atoms. The molecule has 6 nitrogen and oxygen atoms in total. The molecular weight excluding hydrogens is 392 g/mol. The number of benzene rings is 2. The minimum atomic E-state index is -0.574.